The van der Waals surface area contributed by atoms with Gasteiger partial charge in [-0.25, -0.2) is 0 Å². The van der Waals surface area contributed by atoms with Crippen molar-refractivity contribution >= 4 is 25.2 Å². The van der Waals surface area contributed by atoms with Crippen LogP contribution in [0.2, 0.25) is 0 Å². The normalized spacial score (nSPS) is 8.43. The predicted molar refractivity (Wildman–Crippen MR) is 13.4 cm³/mol. The third kappa shape index (κ3) is 118. The minimum absolute atomic E-state index is 0. The third-order valence-electron chi connectivity index (χ3n) is 0. The summed E-state index contributed by atoms with van der Waals surface area (Å²) >= 11 is 0. The van der Waals surface area contributed by atoms with Crippen LogP contribution in [0.4, 0.5) is 0 Å². The molecule has 0 aromatic carbocycles. The molecule has 0 saturated heterocycles. The minimum Gasteiger partial charge on any atom is -0.822 e. The molecule has 4 nitrogen and oxygen atoms in total. The molecule has 0 aliphatic rings. The number of hydrogen-bond acceptors (Lipinski definition) is 4. The van der Waals surface area contributed by atoms with E-state index in [2.05, 4.69) is 0 Å². The fourth-order valence-corrected chi connectivity index (χ4v) is 0. The maximum atomic E-state index is 8.55. The van der Waals surface area contributed by atoms with Gasteiger partial charge in [0.15, 0.2) is 0 Å². The molecule has 7 heavy (non-hydrogen) atoms. The summed E-state index contributed by atoms with van der Waals surface area (Å²) < 4.78 is 8.55. The molecule has 0 N–H and O–H groups in total. The quantitative estimate of drug-likeness (QED) is 0.316. The Morgan fingerprint density at radius 1 is 1.14 bits per heavy atom. The summed E-state index contributed by atoms with van der Waals surface area (Å²) in [5, 5.41) is 0. The Bertz CT molecular complexity index is 57.8. The van der Waals surface area contributed by atoms with E-state index in [-0.39, 0.29) is 38.4 Å². The van der Waals surface area contributed by atoms with Crippen molar-refractivity contribution in [2.45, 2.75) is 0 Å². The molecule has 0 aromatic heterocycles. The van der Waals surface area contributed by atoms with E-state index in [1.165, 1.54) is 0 Å². The predicted octanol–water partition coefficient (Wildman–Crippen LogP) is -3.21. The van der Waals surface area contributed by atoms with Gasteiger partial charge in [-0.2, -0.15) is 7.82 Å². The van der Waals surface area contributed by atoms with Gasteiger partial charge in [0.1, 0.15) is 0 Å². The fraction of sp³-hybridized carbons (Fsp3) is 0. The van der Waals surface area contributed by atoms with Gasteiger partial charge < -0.3 is 19.2 Å². The first-order chi connectivity index (χ1) is 2.00. The number of rotatable bonds is 0. The first-order valence-corrected chi connectivity index (χ1v) is 2.19. The monoisotopic (exact) mass is 220 g/mol. The Hall–Kier alpha value is 1.33. The summed E-state index contributed by atoms with van der Waals surface area (Å²) in [5.41, 5.74) is 0. The van der Waals surface area contributed by atoms with Crippen molar-refractivity contribution < 1.29 is 40.3 Å². The molecule has 0 rings (SSSR count). The van der Waals surface area contributed by atoms with Crippen LogP contribution < -0.4 is 14.7 Å². The zero-order valence-electron chi connectivity index (χ0n) is 3.07. The molecule has 0 bridgehead atoms. The Morgan fingerprint density at radius 3 is 1.14 bits per heavy atom. The van der Waals surface area contributed by atoms with Crippen molar-refractivity contribution in [2.24, 2.45) is 0 Å². The second kappa shape index (κ2) is 5.47. The summed E-state index contributed by atoms with van der Waals surface area (Å²) in [5.74, 6) is 0. The third-order valence-corrected chi connectivity index (χ3v) is 0. The summed E-state index contributed by atoms with van der Waals surface area (Å²) in [4.78, 5) is 25.6. The van der Waals surface area contributed by atoms with Crippen LogP contribution >= 0.6 is 7.82 Å². The number of hydrogen-bond donors (Lipinski definition) is 0. The van der Waals surface area contributed by atoms with Crippen molar-refractivity contribution in [2.75, 3.05) is 0 Å². The zero-order chi connectivity index (χ0) is 4.50. The smallest absolute Gasteiger partial charge is 0.822 e. The Kier molecular flexibility index (Phi) is 12.3. The Balaban J connectivity index is -0.0000000800. The zero-order valence-corrected chi connectivity index (χ0v) is 7.12. The molecular weight excluding hydrogens is 218 g/mol. The van der Waals surface area contributed by atoms with Crippen LogP contribution in [-0.2, 0) is 25.6 Å². The van der Waals surface area contributed by atoms with Crippen molar-refractivity contribution in [3.63, 3.8) is 0 Å². The fourth-order valence-electron chi connectivity index (χ4n) is 0. The van der Waals surface area contributed by atoms with Crippen LogP contribution in [0.15, 0.2) is 0 Å². The standard InChI is InChI=1S/Al.Mo.H3O4P/c;;1-5(2,3)4/h;;(H3,1,2,3,4)/q+3;+4;/p-3. The topological polar surface area (TPSA) is 86.2 Å². The van der Waals surface area contributed by atoms with E-state index in [9.17, 15) is 0 Å². The van der Waals surface area contributed by atoms with Crippen LogP contribution in [0.25, 0.3) is 0 Å². The molecule has 0 radical (unpaired) electrons. The van der Waals surface area contributed by atoms with Crippen LogP contribution in [0, 0.1) is 0 Å². The molecule has 0 saturated carbocycles. The maximum absolute atomic E-state index is 8.55. The second-order valence-electron chi connectivity index (χ2n) is 0.447. The van der Waals surface area contributed by atoms with Gasteiger partial charge in [0, 0.05) is 0 Å². The summed E-state index contributed by atoms with van der Waals surface area (Å²) in [6.45, 7) is 0. The van der Waals surface area contributed by atoms with Crippen molar-refractivity contribution in [3.8, 4) is 0 Å². The molecule has 0 heterocycles. The SMILES string of the molecule is O=P([O-])([O-])[O-].[Al+3].[Mo+4]. The van der Waals surface area contributed by atoms with E-state index in [4.69, 9.17) is 19.2 Å². The molecule has 0 atom stereocenters. The first kappa shape index (κ1) is 15.8. The second-order valence-corrected chi connectivity index (χ2v) is 1.34. The van der Waals surface area contributed by atoms with Crippen molar-refractivity contribution in [3.05, 3.63) is 0 Å². The number of phosphoric acid groups is 1. The average molecular weight is 218 g/mol. The van der Waals surface area contributed by atoms with Gasteiger partial charge in [-0.15, -0.1) is 0 Å². The van der Waals surface area contributed by atoms with Gasteiger partial charge in [-0.05, 0) is 0 Å². The van der Waals surface area contributed by atoms with E-state index in [0.29, 0.717) is 0 Å². The summed E-state index contributed by atoms with van der Waals surface area (Å²) in [7, 11) is -5.39. The molecule has 0 aliphatic heterocycles. The van der Waals surface area contributed by atoms with E-state index >= 15 is 0 Å². The molecule has 7 heteroatoms. The van der Waals surface area contributed by atoms with Crippen LogP contribution in [0.3, 0.4) is 0 Å². The summed E-state index contributed by atoms with van der Waals surface area (Å²) in [6.07, 6.45) is 0. The Morgan fingerprint density at radius 2 is 1.14 bits per heavy atom. The first-order valence-electron chi connectivity index (χ1n) is 0.730. The van der Waals surface area contributed by atoms with E-state index < -0.39 is 7.82 Å². The van der Waals surface area contributed by atoms with Crippen LogP contribution in [0.1, 0.15) is 0 Å². The maximum Gasteiger partial charge on any atom is 4.00 e. The average Bonchev–Trinajstić information content (AvgIpc) is 0.722. The Labute approximate surface area is 65.6 Å². The van der Waals surface area contributed by atoms with Gasteiger partial charge in [-0.1, -0.05) is 0 Å². The van der Waals surface area contributed by atoms with E-state index in [0.717, 1.165) is 0 Å². The molecule has 0 fully saturated rings. The van der Waals surface area contributed by atoms with Crippen molar-refractivity contribution in [1.82, 2.24) is 0 Å². The largest absolute Gasteiger partial charge is 4.00 e. The molecule has 0 aliphatic carbocycles. The molecule has 0 amide bonds. The van der Waals surface area contributed by atoms with Gasteiger partial charge in [0.25, 0.3) is 0 Å². The van der Waals surface area contributed by atoms with Crippen LogP contribution in [0.5, 0.6) is 0 Å². The molecular formula is AlMoO4P+4. The van der Waals surface area contributed by atoms with Crippen molar-refractivity contribution in [1.29, 1.82) is 0 Å². The van der Waals surface area contributed by atoms with Crippen LogP contribution in [-0.4, -0.2) is 17.4 Å². The van der Waals surface area contributed by atoms with Gasteiger partial charge >= 0.3 is 38.4 Å². The van der Waals surface area contributed by atoms with Gasteiger partial charge in [0.2, 0.25) is 0 Å². The van der Waals surface area contributed by atoms with Gasteiger partial charge in [-0.3, -0.25) is 0 Å². The molecule has 0 unspecified atom stereocenters. The molecule has 0 spiro atoms. The summed E-state index contributed by atoms with van der Waals surface area (Å²) in [6, 6.07) is 0. The van der Waals surface area contributed by atoms with E-state index in [1.54, 1.807) is 0 Å². The minimum atomic E-state index is -5.39. The van der Waals surface area contributed by atoms with Gasteiger partial charge in [0.05, 0.1) is 0 Å². The molecule has 0 aromatic rings. The molecule has 34 valence electrons. The van der Waals surface area contributed by atoms with E-state index in [1.807, 2.05) is 0 Å².